The summed E-state index contributed by atoms with van der Waals surface area (Å²) in [6.07, 6.45) is 0. The van der Waals surface area contributed by atoms with Gasteiger partial charge >= 0.3 is 0 Å². The van der Waals surface area contributed by atoms with Crippen LogP contribution in [0.2, 0.25) is 0 Å². The van der Waals surface area contributed by atoms with Gasteiger partial charge in [-0.15, -0.1) is 0 Å². The molecule has 1 aromatic heterocycles. The predicted octanol–water partition coefficient (Wildman–Crippen LogP) is 2.56. The Kier molecular flexibility index (Phi) is 5.58. The van der Waals surface area contributed by atoms with Crippen LogP contribution in [0.3, 0.4) is 0 Å². The highest BCUT2D eigenvalue weighted by atomic mass is 15.3. The molecule has 0 saturated heterocycles. The maximum atomic E-state index is 4.66. The molecule has 2 aromatic rings. The van der Waals surface area contributed by atoms with Crippen LogP contribution in [-0.2, 0) is 6.54 Å². The van der Waals surface area contributed by atoms with E-state index in [2.05, 4.69) is 53.6 Å². The summed E-state index contributed by atoms with van der Waals surface area (Å²) in [5, 5.41) is 11.1. The van der Waals surface area contributed by atoms with Crippen molar-refractivity contribution in [1.29, 1.82) is 0 Å². The van der Waals surface area contributed by atoms with Crippen LogP contribution >= 0.6 is 0 Å². The fraction of sp³-hybridized carbons (Fsp3) is 0.412. The van der Waals surface area contributed by atoms with Gasteiger partial charge in [0.1, 0.15) is 0 Å². The summed E-state index contributed by atoms with van der Waals surface area (Å²) < 4.78 is 1.99. The summed E-state index contributed by atoms with van der Waals surface area (Å²) in [5.41, 5.74) is 4.42. The van der Waals surface area contributed by atoms with E-state index in [1.165, 1.54) is 5.56 Å². The summed E-state index contributed by atoms with van der Waals surface area (Å²) in [6, 6.07) is 10.2. The van der Waals surface area contributed by atoms with E-state index in [1.807, 2.05) is 29.8 Å². The van der Waals surface area contributed by atoms with Crippen LogP contribution in [-0.4, -0.2) is 28.8 Å². The number of hydrogen-bond acceptors (Lipinski definition) is 2. The average molecular weight is 299 g/mol. The lowest BCUT2D eigenvalue weighted by Gasteiger charge is -2.09. The lowest BCUT2D eigenvalue weighted by atomic mass is 10.2. The van der Waals surface area contributed by atoms with Crippen molar-refractivity contribution in [3.05, 3.63) is 47.3 Å². The molecule has 0 atom stereocenters. The molecule has 2 rings (SSSR count). The number of rotatable bonds is 5. The van der Waals surface area contributed by atoms with Crippen molar-refractivity contribution in [2.75, 3.05) is 13.1 Å². The maximum absolute atomic E-state index is 4.66. The molecule has 0 spiro atoms. The topological polar surface area (TPSA) is 54.2 Å². The molecule has 0 aliphatic heterocycles. The molecular weight excluding hydrogens is 274 g/mol. The summed E-state index contributed by atoms with van der Waals surface area (Å²) in [7, 11) is 0. The van der Waals surface area contributed by atoms with Crippen LogP contribution < -0.4 is 10.6 Å². The maximum Gasteiger partial charge on any atom is 0.191 e. The molecule has 0 radical (unpaired) electrons. The van der Waals surface area contributed by atoms with Crippen LogP contribution in [0.15, 0.2) is 35.3 Å². The first-order valence-corrected chi connectivity index (χ1v) is 7.80. The minimum absolute atomic E-state index is 0.625. The largest absolute Gasteiger partial charge is 0.357 e. The van der Waals surface area contributed by atoms with Crippen molar-refractivity contribution in [2.24, 2.45) is 4.99 Å². The van der Waals surface area contributed by atoms with Gasteiger partial charge in [0.2, 0.25) is 0 Å². The average Bonchev–Trinajstić information content (AvgIpc) is 2.81. The molecule has 0 saturated carbocycles. The van der Waals surface area contributed by atoms with Crippen molar-refractivity contribution in [3.8, 4) is 5.69 Å². The Balaban J connectivity index is 2.25. The summed E-state index contributed by atoms with van der Waals surface area (Å²) in [6.45, 7) is 10.6. The molecule has 0 unspecified atom stereocenters. The molecule has 1 heterocycles. The zero-order valence-corrected chi connectivity index (χ0v) is 13.8. The Labute approximate surface area is 132 Å². The van der Waals surface area contributed by atoms with Crippen LogP contribution in [0.5, 0.6) is 0 Å². The fourth-order valence-electron chi connectivity index (χ4n) is 2.39. The molecule has 5 heteroatoms. The van der Waals surface area contributed by atoms with E-state index in [0.29, 0.717) is 6.54 Å². The van der Waals surface area contributed by atoms with Gasteiger partial charge in [-0.05, 0) is 39.8 Å². The molecule has 0 aliphatic rings. The van der Waals surface area contributed by atoms with Crippen LogP contribution in [0, 0.1) is 13.8 Å². The molecule has 118 valence electrons. The number of hydrogen-bond donors (Lipinski definition) is 2. The van der Waals surface area contributed by atoms with Crippen LogP contribution in [0.4, 0.5) is 0 Å². The number of benzene rings is 1. The Morgan fingerprint density at radius 1 is 1.09 bits per heavy atom. The Bertz CT molecular complexity index is 620. The highest BCUT2D eigenvalue weighted by Crippen LogP contribution is 2.18. The molecule has 0 fully saturated rings. The number of aliphatic imine (C=N–C) groups is 1. The second kappa shape index (κ2) is 7.64. The standard InChI is InChI=1S/C17H25N5/c1-5-18-17(19-6-2)20-12-16-13(3)21-22(14(16)4)15-10-8-7-9-11-15/h7-11H,5-6,12H2,1-4H3,(H2,18,19,20). The highest BCUT2D eigenvalue weighted by molar-refractivity contribution is 5.79. The first-order valence-electron chi connectivity index (χ1n) is 7.80. The zero-order valence-electron chi connectivity index (χ0n) is 13.8. The first kappa shape index (κ1) is 16.1. The van der Waals surface area contributed by atoms with E-state index in [0.717, 1.165) is 36.1 Å². The minimum atomic E-state index is 0.625. The minimum Gasteiger partial charge on any atom is -0.357 e. The summed E-state index contributed by atoms with van der Waals surface area (Å²) in [4.78, 5) is 4.64. The van der Waals surface area contributed by atoms with Crippen molar-refractivity contribution < 1.29 is 0 Å². The molecule has 5 nitrogen and oxygen atoms in total. The molecule has 2 N–H and O–H groups in total. The third-order valence-corrected chi connectivity index (χ3v) is 3.53. The van der Waals surface area contributed by atoms with Gasteiger partial charge in [0, 0.05) is 24.3 Å². The van der Waals surface area contributed by atoms with E-state index in [1.54, 1.807) is 0 Å². The molecular formula is C17H25N5. The molecule has 22 heavy (non-hydrogen) atoms. The number of aromatic nitrogens is 2. The van der Waals surface area contributed by atoms with Crippen LogP contribution in [0.25, 0.3) is 5.69 Å². The number of nitrogens with zero attached hydrogens (tertiary/aromatic N) is 3. The van der Waals surface area contributed by atoms with E-state index < -0.39 is 0 Å². The number of nitrogens with one attached hydrogen (secondary N) is 2. The van der Waals surface area contributed by atoms with E-state index in [4.69, 9.17) is 0 Å². The van der Waals surface area contributed by atoms with E-state index in [-0.39, 0.29) is 0 Å². The third kappa shape index (κ3) is 3.67. The monoisotopic (exact) mass is 299 g/mol. The van der Waals surface area contributed by atoms with Gasteiger partial charge in [0.15, 0.2) is 5.96 Å². The van der Waals surface area contributed by atoms with Gasteiger partial charge in [-0.2, -0.15) is 5.10 Å². The normalized spacial score (nSPS) is 10.4. The Morgan fingerprint density at radius 2 is 1.73 bits per heavy atom. The first-order chi connectivity index (χ1) is 10.7. The lowest BCUT2D eigenvalue weighted by Crippen LogP contribution is -2.37. The smallest absolute Gasteiger partial charge is 0.191 e. The highest BCUT2D eigenvalue weighted by Gasteiger charge is 2.12. The van der Waals surface area contributed by atoms with Crippen molar-refractivity contribution >= 4 is 5.96 Å². The fourth-order valence-corrected chi connectivity index (χ4v) is 2.39. The zero-order chi connectivity index (χ0) is 15.9. The van der Waals surface area contributed by atoms with Gasteiger partial charge in [-0.1, -0.05) is 18.2 Å². The summed E-state index contributed by atoms with van der Waals surface area (Å²) in [5.74, 6) is 0.844. The van der Waals surface area contributed by atoms with Gasteiger partial charge < -0.3 is 10.6 Å². The van der Waals surface area contributed by atoms with Crippen molar-refractivity contribution in [1.82, 2.24) is 20.4 Å². The molecule has 1 aromatic carbocycles. The van der Waals surface area contributed by atoms with E-state index in [9.17, 15) is 0 Å². The predicted molar refractivity (Wildman–Crippen MR) is 91.5 cm³/mol. The Morgan fingerprint density at radius 3 is 2.32 bits per heavy atom. The van der Waals surface area contributed by atoms with Crippen LogP contribution in [0.1, 0.15) is 30.8 Å². The van der Waals surface area contributed by atoms with Gasteiger partial charge in [0.05, 0.1) is 17.9 Å². The molecule has 0 bridgehead atoms. The second-order valence-corrected chi connectivity index (χ2v) is 5.12. The number of aryl methyl sites for hydroxylation is 1. The summed E-state index contributed by atoms with van der Waals surface area (Å²) >= 11 is 0. The van der Waals surface area contributed by atoms with E-state index >= 15 is 0 Å². The molecule has 0 aliphatic carbocycles. The van der Waals surface area contributed by atoms with Crippen molar-refractivity contribution in [2.45, 2.75) is 34.2 Å². The number of para-hydroxylation sites is 1. The van der Waals surface area contributed by atoms with Gasteiger partial charge in [-0.3, -0.25) is 0 Å². The van der Waals surface area contributed by atoms with Gasteiger partial charge in [-0.25, -0.2) is 9.67 Å². The lowest BCUT2D eigenvalue weighted by molar-refractivity contribution is 0.829. The SMILES string of the molecule is CCNC(=NCc1c(C)nn(-c2ccccc2)c1C)NCC. The number of guanidine groups is 1. The second-order valence-electron chi connectivity index (χ2n) is 5.12. The van der Waals surface area contributed by atoms with Gasteiger partial charge in [0.25, 0.3) is 0 Å². The molecule has 0 amide bonds. The van der Waals surface area contributed by atoms with Crippen molar-refractivity contribution in [3.63, 3.8) is 0 Å². The quantitative estimate of drug-likeness (QED) is 0.659. The third-order valence-electron chi connectivity index (χ3n) is 3.53. The Hall–Kier alpha value is -2.30.